The molecule has 1 atom stereocenters. The van der Waals surface area contributed by atoms with Gasteiger partial charge >= 0.3 is 0 Å². The molecule has 1 heterocycles. The number of hydrogen-bond donors (Lipinski definition) is 1. The molecule has 1 aromatic heterocycles. The maximum Gasteiger partial charge on any atom is 0.261 e. The Labute approximate surface area is 122 Å². The predicted molar refractivity (Wildman–Crippen MR) is 78.9 cm³/mol. The van der Waals surface area contributed by atoms with Crippen molar-refractivity contribution in [2.24, 2.45) is 5.73 Å². The number of halogens is 1. The van der Waals surface area contributed by atoms with E-state index in [0.29, 0.717) is 10.2 Å². The summed E-state index contributed by atoms with van der Waals surface area (Å²) in [7, 11) is 0. The van der Waals surface area contributed by atoms with E-state index in [2.05, 4.69) is 4.98 Å². The van der Waals surface area contributed by atoms with E-state index < -0.39 is 0 Å². The van der Waals surface area contributed by atoms with E-state index >= 15 is 0 Å². The number of aryl methyl sites for hydroxylation is 2. The first kappa shape index (κ1) is 14.4. The third-order valence-electron chi connectivity index (χ3n) is 2.78. The zero-order valence-corrected chi connectivity index (χ0v) is 12.8. The van der Waals surface area contributed by atoms with Gasteiger partial charge < -0.3 is 10.2 Å². The minimum Gasteiger partial charge on any atom is -0.436 e. The van der Waals surface area contributed by atoms with E-state index in [1.165, 1.54) is 11.8 Å². The van der Waals surface area contributed by atoms with E-state index in [1.54, 1.807) is 0 Å². The Morgan fingerprint density at radius 1 is 1.42 bits per heavy atom. The second-order valence-electron chi connectivity index (χ2n) is 4.66. The number of aromatic nitrogens is 1. The van der Waals surface area contributed by atoms with Gasteiger partial charge in [-0.2, -0.15) is 0 Å². The van der Waals surface area contributed by atoms with E-state index in [9.17, 15) is 0 Å². The zero-order chi connectivity index (χ0) is 14.0. The van der Waals surface area contributed by atoms with Crippen LogP contribution < -0.4 is 5.73 Å². The summed E-state index contributed by atoms with van der Waals surface area (Å²) in [6, 6.07) is 5.93. The minimum atomic E-state index is 0.105. The number of nitrogens with zero attached hydrogens (tertiary/aromatic N) is 1. The molecule has 1 unspecified atom stereocenters. The summed E-state index contributed by atoms with van der Waals surface area (Å²) in [4.78, 5) is 5.42. The highest BCUT2D eigenvalue weighted by Crippen LogP contribution is 2.33. The Morgan fingerprint density at radius 3 is 2.74 bits per heavy atom. The number of nitrogens with two attached hydrogens (primary N) is 1. The fraction of sp³-hybridized carbons (Fsp3) is 0.357. The molecule has 2 rings (SSSR count). The molecule has 0 saturated carbocycles. The van der Waals surface area contributed by atoms with E-state index in [1.807, 2.05) is 39.0 Å². The average Bonchev–Trinajstić information content (AvgIpc) is 2.61. The zero-order valence-electron chi connectivity index (χ0n) is 11.2. The summed E-state index contributed by atoms with van der Waals surface area (Å²) in [5.41, 5.74) is 7.95. The van der Waals surface area contributed by atoms with Crippen LogP contribution in [0.25, 0.3) is 0 Å². The highest BCUT2D eigenvalue weighted by atomic mass is 35.5. The van der Waals surface area contributed by atoms with Crippen LogP contribution in [0, 0.1) is 13.8 Å². The van der Waals surface area contributed by atoms with Crippen molar-refractivity contribution in [1.82, 2.24) is 4.98 Å². The number of benzene rings is 1. The molecule has 0 fully saturated rings. The van der Waals surface area contributed by atoms with Gasteiger partial charge in [-0.1, -0.05) is 17.7 Å². The van der Waals surface area contributed by atoms with Gasteiger partial charge in [-0.05, 0) is 56.7 Å². The lowest BCUT2D eigenvalue weighted by Crippen LogP contribution is -2.18. The summed E-state index contributed by atoms with van der Waals surface area (Å²) in [6.07, 6.45) is 0.804. The minimum absolute atomic E-state index is 0.105. The van der Waals surface area contributed by atoms with Crippen molar-refractivity contribution in [3.05, 3.63) is 40.2 Å². The molecule has 3 nitrogen and oxygen atoms in total. The molecule has 1 aromatic carbocycles. The largest absolute Gasteiger partial charge is 0.436 e. The molecule has 0 bridgehead atoms. The smallest absolute Gasteiger partial charge is 0.261 e. The van der Waals surface area contributed by atoms with Crippen LogP contribution in [0.2, 0.25) is 5.02 Å². The number of oxazole rings is 1. The fourth-order valence-electron chi connectivity index (χ4n) is 1.72. The van der Waals surface area contributed by atoms with Gasteiger partial charge in [0, 0.05) is 16.0 Å². The van der Waals surface area contributed by atoms with Crippen molar-refractivity contribution in [2.45, 2.75) is 43.4 Å². The first-order valence-electron chi connectivity index (χ1n) is 6.11. The highest BCUT2D eigenvalue weighted by molar-refractivity contribution is 7.99. The maximum atomic E-state index is 6.06. The third kappa shape index (κ3) is 3.75. The Kier molecular flexibility index (Phi) is 4.55. The summed E-state index contributed by atoms with van der Waals surface area (Å²) < 4.78 is 5.60. The first-order valence-corrected chi connectivity index (χ1v) is 7.31. The lowest BCUT2D eigenvalue weighted by molar-refractivity contribution is 0.431. The van der Waals surface area contributed by atoms with Gasteiger partial charge in [0.15, 0.2) is 0 Å². The molecular formula is C14H17ClN2OS. The average molecular weight is 297 g/mol. The van der Waals surface area contributed by atoms with Crippen molar-refractivity contribution >= 4 is 23.4 Å². The SMILES string of the molecule is Cc1nc(Sc2cc(Cl)ccc2CC(C)N)oc1C. The Bertz CT molecular complexity index is 561. The molecule has 0 saturated heterocycles. The van der Waals surface area contributed by atoms with Gasteiger partial charge in [0.2, 0.25) is 0 Å². The summed E-state index contributed by atoms with van der Waals surface area (Å²) in [5, 5.41) is 1.35. The predicted octanol–water partition coefficient (Wildman–Crippen LogP) is 3.99. The van der Waals surface area contributed by atoms with Crippen LogP contribution in [-0.2, 0) is 6.42 Å². The van der Waals surface area contributed by atoms with Gasteiger partial charge in [-0.15, -0.1) is 0 Å². The lowest BCUT2D eigenvalue weighted by Gasteiger charge is -2.10. The topological polar surface area (TPSA) is 52.0 Å². The molecule has 0 aliphatic carbocycles. The molecule has 19 heavy (non-hydrogen) atoms. The highest BCUT2D eigenvalue weighted by Gasteiger charge is 2.12. The lowest BCUT2D eigenvalue weighted by atomic mass is 10.1. The second-order valence-corrected chi connectivity index (χ2v) is 6.09. The van der Waals surface area contributed by atoms with Gasteiger partial charge in [0.1, 0.15) is 5.76 Å². The van der Waals surface area contributed by atoms with Gasteiger partial charge in [-0.25, -0.2) is 4.98 Å². The molecule has 0 aliphatic rings. The molecule has 102 valence electrons. The van der Waals surface area contributed by atoms with E-state index in [4.69, 9.17) is 21.8 Å². The standard InChI is InChI=1S/C14H17ClN2OS/c1-8(16)6-11-4-5-12(15)7-13(11)19-14-17-9(2)10(3)18-14/h4-5,7-8H,6,16H2,1-3H3. The maximum absolute atomic E-state index is 6.06. The van der Waals surface area contributed by atoms with Crippen molar-refractivity contribution < 1.29 is 4.42 Å². The number of rotatable bonds is 4. The Hall–Kier alpha value is -0.970. The van der Waals surface area contributed by atoms with Crippen LogP contribution in [0.1, 0.15) is 23.9 Å². The van der Waals surface area contributed by atoms with Crippen molar-refractivity contribution in [1.29, 1.82) is 0 Å². The van der Waals surface area contributed by atoms with Crippen LogP contribution in [0.5, 0.6) is 0 Å². The van der Waals surface area contributed by atoms with Gasteiger partial charge in [0.05, 0.1) is 5.69 Å². The Balaban J connectivity index is 2.29. The first-order chi connectivity index (χ1) is 8.95. The van der Waals surface area contributed by atoms with Crippen molar-refractivity contribution in [3.63, 3.8) is 0 Å². The molecule has 2 N–H and O–H groups in total. The van der Waals surface area contributed by atoms with Gasteiger partial charge in [0.25, 0.3) is 5.22 Å². The quantitative estimate of drug-likeness (QED) is 0.927. The molecule has 0 aliphatic heterocycles. The van der Waals surface area contributed by atoms with E-state index in [0.717, 1.165) is 28.3 Å². The summed E-state index contributed by atoms with van der Waals surface area (Å²) in [5.74, 6) is 0.846. The third-order valence-corrected chi connectivity index (χ3v) is 3.96. The summed E-state index contributed by atoms with van der Waals surface area (Å²) in [6.45, 7) is 5.83. The molecule has 2 aromatic rings. The van der Waals surface area contributed by atoms with E-state index in [-0.39, 0.29) is 6.04 Å². The van der Waals surface area contributed by atoms with Crippen LogP contribution >= 0.6 is 23.4 Å². The molecule has 0 spiro atoms. The molecule has 0 amide bonds. The normalized spacial score (nSPS) is 12.7. The van der Waals surface area contributed by atoms with Crippen LogP contribution in [0.4, 0.5) is 0 Å². The van der Waals surface area contributed by atoms with Crippen molar-refractivity contribution in [2.75, 3.05) is 0 Å². The van der Waals surface area contributed by atoms with Crippen LogP contribution in [-0.4, -0.2) is 11.0 Å². The Morgan fingerprint density at radius 2 is 2.16 bits per heavy atom. The monoisotopic (exact) mass is 296 g/mol. The molecule has 5 heteroatoms. The number of hydrogen-bond acceptors (Lipinski definition) is 4. The van der Waals surface area contributed by atoms with Gasteiger partial charge in [-0.3, -0.25) is 0 Å². The second kappa shape index (κ2) is 5.99. The molecular weight excluding hydrogens is 280 g/mol. The summed E-state index contributed by atoms with van der Waals surface area (Å²) >= 11 is 7.55. The fourth-order valence-corrected chi connectivity index (χ4v) is 2.96. The van der Waals surface area contributed by atoms with Crippen LogP contribution in [0.15, 0.2) is 32.7 Å². The van der Waals surface area contributed by atoms with Crippen molar-refractivity contribution in [3.8, 4) is 0 Å². The van der Waals surface area contributed by atoms with Crippen LogP contribution in [0.3, 0.4) is 0 Å². The molecule has 0 radical (unpaired) electrons.